The van der Waals surface area contributed by atoms with E-state index in [9.17, 15) is 19.7 Å². The number of hydrogen-bond acceptors (Lipinski definition) is 5. The van der Waals surface area contributed by atoms with Crippen LogP contribution in [0.15, 0.2) is 66.9 Å². The fourth-order valence-corrected chi connectivity index (χ4v) is 3.81. The van der Waals surface area contributed by atoms with Crippen molar-refractivity contribution in [1.29, 1.82) is 0 Å². The number of aromatic nitrogens is 1. The highest BCUT2D eigenvalue weighted by Crippen LogP contribution is 2.30. The first-order chi connectivity index (χ1) is 15.3. The number of fused-ring (bicyclic) bond motifs is 1. The highest BCUT2D eigenvalue weighted by molar-refractivity contribution is 6.20. The Morgan fingerprint density at radius 1 is 1.00 bits per heavy atom. The molecular weight excluding hydrogens is 408 g/mol. The summed E-state index contributed by atoms with van der Waals surface area (Å²) >= 11 is 0. The molecule has 0 fully saturated rings. The maximum atomic E-state index is 13.2. The van der Waals surface area contributed by atoms with Gasteiger partial charge in [0.15, 0.2) is 0 Å². The number of aryl methyl sites for hydroxylation is 2. The topological polar surface area (TPSA) is 120 Å². The van der Waals surface area contributed by atoms with E-state index in [0.717, 1.165) is 11.1 Å². The third-order valence-corrected chi connectivity index (χ3v) is 5.14. The van der Waals surface area contributed by atoms with Crippen LogP contribution in [0.3, 0.4) is 0 Å². The van der Waals surface area contributed by atoms with Crippen molar-refractivity contribution in [3.8, 4) is 0 Å². The number of carbonyl (C=O) groups excluding carboxylic acids is 2. The zero-order valence-electron chi connectivity index (χ0n) is 17.5. The molecule has 3 N–H and O–H groups in total. The first kappa shape index (κ1) is 20.8. The fourth-order valence-electron chi connectivity index (χ4n) is 3.81. The number of nitro benzene ring substituents is 1. The Bertz CT molecular complexity index is 1370. The summed E-state index contributed by atoms with van der Waals surface area (Å²) < 4.78 is 1.56. The van der Waals surface area contributed by atoms with Gasteiger partial charge in [0, 0.05) is 29.6 Å². The number of nitrogens with one attached hydrogen (secondary N) is 1. The molecule has 4 aromatic rings. The molecule has 2 heterocycles. The quantitative estimate of drug-likeness (QED) is 0.275. The molecule has 8 nitrogen and oxygen atoms in total. The minimum Gasteiger partial charge on any atom is -0.396 e. The number of pyridine rings is 1. The molecule has 0 aliphatic rings. The van der Waals surface area contributed by atoms with E-state index in [0.29, 0.717) is 11.2 Å². The number of anilines is 2. The Morgan fingerprint density at radius 2 is 1.66 bits per heavy atom. The summed E-state index contributed by atoms with van der Waals surface area (Å²) in [5.41, 5.74) is 9.92. The number of nitrogens with zero attached hydrogens (tertiary/aromatic N) is 2. The van der Waals surface area contributed by atoms with Crippen LogP contribution in [0.4, 0.5) is 17.1 Å². The molecule has 4 rings (SSSR count). The molecule has 8 heteroatoms. The van der Waals surface area contributed by atoms with Crippen LogP contribution in [0.25, 0.3) is 5.52 Å². The number of benzene rings is 2. The lowest BCUT2D eigenvalue weighted by atomic mass is 10.1. The number of nitrogens with two attached hydrogens (primary N) is 1. The van der Waals surface area contributed by atoms with E-state index >= 15 is 0 Å². The van der Waals surface area contributed by atoms with E-state index in [2.05, 4.69) is 5.32 Å². The van der Waals surface area contributed by atoms with Gasteiger partial charge in [-0.3, -0.25) is 19.7 Å². The molecule has 0 aliphatic carbocycles. The Balaban J connectivity index is 1.78. The third-order valence-electron chi connectivity index (χ3n) is 5.14. The predicted molar refractivity (Wildman–Crippen MR) is 122 cm³/mol. The van der Waals surface area contributed by atoms with Gasteiger partial charge in [-0.1, -0.05) is 12.1 Å². The van der Waals surface area contributed by atoms with Gasteiger partial charge >= 0.3 is 0 Å². The minimum absolute atomic E-state index is 0.0430. The molecular formula is C24H20N4O4. The Hall–Kier alpha value is -4.46. The van der Waals surface area contributed by atoms with Gasteiger partial charge in [-0.05, 0) is 61.4 Å². The van der Waals surface area contributed by atoms with Gasteiger partial charge < -0.3 is 15.5 Å². The smallest absolute Gasteiger partial charge is 0.269 e. The van der Waals surface area contributed by atoms with Gasteiger partial charge in [0.2, 0.25) is 5.78 Å². The highest BCUT2D eigenvalue weighted by Gasteiger charge is 2.26. The lowest BCUT2D eigenvalue weighted by Crippen LogP contribution is -2.14. The first-order valence-corrected chi connectivity index (χ1v) is 9.83. The molecule has 160 valence electrons. The second kappa shape index (κ2) is 7.99. The molecule has 0 atom stereocenters. The van der Waals surface area contributed by atoms with Crippen molar-refractivity contribution < 1.29 is 14.5 Å². The number of carbonyl (C=O) groups is 2. The number of rotatable bonds is 5. The molecule has 2 aromatic heterocycles. The maximum absolute atomic E-state index is 13.2. The van der Waals surface area contributed by atoms with E-state index < -0.39 is 16.6 Å². The van der Waals surface area contributed by atoms with E-state index in [1.54, 1.807) is 28.8 Å². The van der Waals surface area contributed by atoms with E-state index in [1.807, 2.05) is 32.0 Å². The van der Waals surface area contributed by atoms with Crippen LogP contribution < -0.4 is 11.1 Å². The third kappa shape index (κ3) is 3.69. The van der Waals surface area contributed by atoms with Gasteiger partial charge in [0.05, 0.1) is 21.7 Å². The number of amides is 1. The van der Waals surface area contributed by atoms with Crippen LogP contribution in [0, 0.1) is 24.0 Å². The Labute approximate surface area is 183 Å². The average molecular weight is 428 g/mol. The number of ketones is 1. The van der Waals surface area contributed by atoms with Crippen molar-refractivity contribution in [2.24, 2.45) is 0 Å². The van der Waals surface area contributed by atoms with Crippen molar-refractivity contribution in [2.75, 3.05) is 11.1 Å². The molecule has 0 saturated heterocycles. The minimum atomic E-state index is -0.537. The van der Waals surface area contributed by atoms with Crippen LogP contribution in [0.5, 0.6) is 0 Å². The number of nitrogen functional groups attached to an aromatic ring is 1. The SMILES string of the molecule is Cc1cc(C)cc(NC(=O)c2c(N)c(C(=O)c3ccc([N+](=O)[O-])cc3)n3ccccc23)c1. The molecule has 0 bridgehead atoms. The van der Waals surface area contributed by atoms with Crippen LogP contribution in [-0.4, -0.2) is 21.0 Å². The summed E-state index contributed by atoms with van der Waals surface area (Å²) in [6.07, 6.45) is 1.65. The second-order valence-corrected chi connectivity index (χ2v) is 7.56. The number of hydrogen-bond donors (Lipinski definition) is 2. The van der Waals surface area contributed by atoms with Gasteiger partial charge in [-0.25, -0.2) is 0 Å². The zero-order valence-corrected chi connectivity index (χ0v) is 17.5. The highest BCUT2D eigenvalue weighted by atomic mass is 16.6. The second-order valence-electron chi connectivity index (χ2n) is 7.56. The van der Waals surface area contributed by atoms with Crippen LogP contribution in [0.2, 0.25) is 0 Å². The molecule has 0 radical (unpaired) electrons. The predicted octanol–water partition coefficient (Wildman–Crippen LogP) is 4.53. The average Bonchev–Trinajstić information content (AvgIpc) is 3.04. The first-order valence-electron chi connectivity index (χ1n) is 9.83. The van der Waals surface area contributed by atoms with E-state index in [4.69, 9.17) is 5.73 Å². The summed E-state index contributed by atoms with van der Waals surface area (Å²) in [6, 6.07) is 16.1. The summed E-state index contributed by atoms with van der Waals surface area (Å²) in [5.74, 6) is -0.872. The molecule has 0 unspecified atom stereocenters. The summed E-state index contributed by atoms with van der Waals surface area (Å²) in [7, 11) is 0. The largest absolute Gasteiger partial charge is 0.396 e. The van der Waals surface area contributed by atoms with E-state index in [1.165, 1.54) is 24.3 Å². The summed E-state index contributed by atoms with van der Waals surface area (Å²) in [5, 5.41) is 13.8. The maximum Gasteiger partial charge on any atom is 0.269 e. The summed E-state index contributed by atoms with van der Waals surface area (Å²) in [6.45, 7) is 3.87. The van der Waals surface area contributed by atoms with Crippen LogP contribution in [0.1, 0.15) is 37.5 Å². The lowest BCUT2D eigenvalue weighted by molar-refractivity contribution is -0.384. The van der Waals surface area contributed by atoms with Gasteiger partial charge in [0.1, 0.15) is 5.69 Å². The van der Waals surface area contributed by atoms with E-state index in [-0.39, 0.29) is 28.2 Å². The van der Waals surface area contributed by atoms with Gasteiger partial charge in [0.25, 0.3) is 11.6 Å². The molecule has 0 spiro atoms. The molecule has 32 heavy (non-hydrogen) atoms. The van der Waals surface area contributed by atoms with Crippen molar-refractivity contribution in [3.05, 3.63) is 105 Å². The molecule has 0 saturated carbocycles. The zero-order chi connectivity index (χ0) is 23.0. The number of nitro groups is 1. The van der Waals surface area contributed by atoms with Crippen LogP contribution >= 0.6 is 0 Å². The summed E-state index contributed by atoms with van der Waals surface area (Å²) in [4.78, 5) is 36.8. The van der Waals surface area contributed by atoms with Crippen LogP contribution in [-0.2, 0) is 0 Å². The number of non-ortho nitro benzene ring substituents is 1. The monoisotopic (exact) mass is 428 g/mol. The van der Waals surface area contributed by atoms with Crippen molar-refractivity contribution in [3.63, 3.8) is 0 Å². The lowest BCUT2D eigenvalue weighted by Gasteiger charge is -2.08. The van der Waals surface area contributed by atoms with Gasteiger partial charge in [-0.15, -0.1) is 0 Å². The molecule has 0 aliphatic heterocycles. The van der Waals surface area contributed by atoms with Crippen molar-refractivity contribution in [1.82, 2.24) is 4.40 Å². The molecule has 1 amide bonds. The Kier molecular flexibility index (Phi) is 5.19. The van der Waals surface area contributed by atoms with Gasteiger partial charge in [-0.2, -0.15) is 0 Å². The van der Waals surface area contributed by atoms with Crippen molar-refractivity contribution in [2.45, 2.75) is 13.8 Å². The molecule has 2 aromatic carbocycles. The fraction of sp³-hybridized carbons (Fsp3) is 0.0833. The van der Waals surface area contributed by atoms with Crippen molar-refractivity contribution >= 4 is 34.3 Å². The Morgan fingerprint density at radius 3 is 2.28 bits per heavy atom. The normalized spacial score (nSPS) is 10.8. The standard InChI is InChI=1S/C24H20N4O4/c1-14-11-15(2)13-17(12-14)26-24(30)20-19-5-3-4-10-27(19)22(21(20)25)23(29)16-6-8-18(9-7-16)28(31)32/h3-13H,25H2,1-2H3,(H,26,30).